The van der Waals surface area contributed by atoms with E-state index in [0.717, 1.165) is 24.1 Å². The lowest BCUT2D eigenvalue weighted by atomic mass is 9.97. The summed E-state index contributed by atoms with van der Waals surface area (Å²) in [6.45, 7) is 5.03. The van der Waals surface area contributed by atoms with Crippen LogP contribution in [0.25, 0.3) is 0 Å². The zero-order chi connectivity index (χ0) is 14.5. The van der Waals surface area contributed by atoms with Crippen LogP contribution in [-0.2, 0) is 6.42 Å². The number of benzene rings is 2. The van der Waals surface area contributed by atoms with Crippen molar-refractivity contribution in [2.24, 2.45) is 0 Å². The van der Waals surface area contributed by atoms with Crippen molar-refractivity contribution in [1.29, 1.82) is 0 Å². The highest BCUT2D eigenvalue weighted by atomic mass is 79.9. The maximum absolute atomic E-state index is 13.7. The van der Waals surface area contributed by atoms with Gasteiger partial charge in [-0.1, -0.05) is 44.2 Å². The number of halogens is 2. The molecule has 2 aromatic carbocycles. The van der Waals surface area contributed by atoms with E-state index in [1.165, 1.54) is 5.56 Å². The lowest BCUT2D eigenvalue weighted by Crippen LogP contribution is -2.22. The second-order valence-electron chi connectivity index (χ2n) is 4.76. The van der Waals surface area contributed by atoms with Gasteiger partial charge in [-0.05, 0) is 57.7 Å². The molecule has 3 heteroatoms. The van der Waals surface area contributed by atoms with Crippen molar-refractivity contribution in [3.63, 3.8) is 0 Å². The van der Waals surface area contributed by atoms with Gasteiger partial charge in [-0.3, -0.25) is 0 Å². The predicted molar refractivity (Wildman–Crippen MR) is 85.4 cm³/mol. The van der Waals surface area contributed by atoms with Crippen LogP contribution in [-0.4, -0.2) is 6.54 Å². The third-order valence-electron chi connectivity index (χ3n) is 3.41. The summed E-state index contributed by atoms with van der Waals surface area (Å²) >= 11 is 3.20. The Kier molecular flexibility index (Phi) is 5.32. The minimum absolute atomic E-state index is 0.0218. The number of hydrogen-bond donors (Lipinski definition) is 1. The van der Waals surface area contributed by atoms with E-state index in [2.05, 4.69) is 59.4 Å². The largest absolute Gasteiger partial charge is 0.307 e. The summed E-state index contributed by atoms with van der Waals surface area (Å²) in [5.41, 5.74) is 3.41. The molecule has 1 atom stereocenters. The Morgan fingerprint density at radius 3 is 2.25 bits per heavy atom. The maximum atomic E-state index is 13.7. The van der Waals surface area contributed by atoms with Crippen molar-refractivity contribution < 1.29 is 4.39 Å². The summed E-state index contributed by atoms with van der Waals surface area (Å²) in [6, 6.07) is 13.8. The molecule has 0 spiro atoms. The van der Waals surface area contributed by atoms with E-state index < -0.39 is 0 Å². The maximum Gasteiger partial charge on any atom is 0.137 e. The topological polar surface area (TPSA) is 12.0 Å². The fourth-order valence-corrected chi connectivity index (χ4v) is 2.52. The van der Waals surface area contributed by atoms with Gasteiger partial charge >= 0.3 is 0 Å². The molecular weight excluding hydrogens is 317 g/mol. The molecule has 1 N–H and O–H groups in total. The molecule has 2 aromatic rings. The second-order valence-corrected chi connectivity index (χ2v) is 5.61. The molecular formula is C17H19BrFN. The third-order valence-corrected chi connectivity index (χ3v) is 4.05. The Hall–Kier alpha value is -1.19. The zero-order valence-corrected chi connectivity index (χ0v) is 13.4. The van der Waals surface area contributed by atoms with E-state index in [9.17, 15) is 4.39 Å². The molecule has 20 heavy (non-hydrogen) atoms. The molecule has 0 aromatic heterocycles. The Morgan fingerprint density at radius 1 is 1.05 bits per heavy atom. The molecule has 1 nitrogen and oxygen atoms in total. The molecule has 106 valence electrons. The number of rotatable bonds is 5. The Bertz CT molecular complexity index is 566. The SMILES string of the molecule is CCNC(c1ccc(CC)cc1)c1ccc(Br)c(F)c1. The standard InChI is InChI=1S/C17H19BrFN/c1-3-12-5-7-13(8-6-12)17(20-4-2)14-9-10-15(18)16(19)11-14/h5-11,17,20H,3-4H2,1-2H3. The first kappa shape index (κ1) is 15.2. The van der Waals surface area contributed by atoms with Gasteiger partial charge in [-0.15, -0.1) is 0 Å². The Morgan fingerprint density at radius 2 is 1.70 bits per heavy atom. The monoisotopic (exact) mass is 335 g/mol. The van der Waals surface area contributed by atoms with Crippen LogP contribution < -0.4 is 5.32 Å². The summed E-state index contributed by atoms with van der Waals surface area (Å²) < 4.78 is 14.2. The number of nitrogens with one attached hydrogen (secondary N) is 1. The first-order chi connectivity index (χ1) is 9.65. The van der Waals surface area contributed by atoms with E-state index in [-0.39, 0.29) is 11.9 Å². The van der Waals surface area contributed by atoms with Crippen LogP contribution in [0.5, 0.6) is 0 Å². The van der Waals surface area contributed by atoms with Gasteiger partial charge in [0.05, 0.1) is 10.5 Å². The van der Waals surface area contributed by atoms with E-state index in [4.69, 9.17) is 0 Å². The van der Waals surface area contributed by atoms with Crippen molar-refractivity contribution in [3.05, 3.63) is 69.4 Å². The summed E-state index contributed by atoms with van der Waals surface area (Å²) in [5, 5.41) is 3.42. The van der Waals surface area contributed by atoms with Gasteiger partial charge in [-0.2, -0.15) is 0 Å². The highest BCUT2D eigenvalue weighted by molar-refractivity contribution is 9.10. The van der Waals surface area contributed by atoms with Crippen molar-refractivity contribution >= 4 is 15.9 Å². The van der Waals surface area contributed by atoms with Crippen LogP contribution in [0.1, 0.15) is 36.6 Å². The van der Waals surface area contributed by atoms with Crippen molar-refractivity contribution in [3.8, 4) is 0 Å². The molecule has 0 bridgehead atoms. The highest BCUT2D eigenvalue weighted by Crippen LogP contribution is 2.26. The molecule has 0 aliphatic rings. The molecule has 1 unspecified atom stereocenters. The second kappa shape index (κ2) is 7.00. The average molecular weight is 336 g/mol. The van der Waals surface area contributed by atoms with Gasteiger partial charge in [0.1, 0.15) is 5.82 Å². The van der Waals surface area contributed by atoms with Gasteiger partial charge in [0.2, 0.25) is 0 Å². The predicted octanol–water partition coefficient (Wildman–Crippen LogP) is 4.85. The molecule has 0 amide bonds. The third kappa shape index (κ3) is 3.47. The van der Waals surface area contributed by atoms with Crippen molar-refractivity contribution in [1.82, 2.24) is 5.32 Å². The van der Waals surface area contributed by atoms with Crippen LogP contribution >= 0.6 is 15.9 Å². The number of hydrogen-bond acceptors (Lipinski definition) is 1. The fourth-order valence-electron chi connectivity index (χ4n) is 2.27. The Labute approximate surface area is 128 Å². The molecule has 0 heterocycles. The van der Waals surface area contributed by atoms with E-state index in [1.54, 1.807) is 12.1 Å². The minimum Gasteiger partial charge on any atom is -0.307 e. The first-order valence-electron chi connectivity index (χ1n) is 6.92. The molecule has 0 saturated heterocycles. The van der Waals surface area contributed by atoms with E-state index in [1.807, 2.05) is 6.07 Å². The molecule has 0 saturated carbocycles. The number of aryl methyl sites for hydroxylation is 1. The highest BCUT2D eigenvalue weighted by Gasteiger charge is 2.14. The Balaban J connectivity index is 2.35. The van der Waals surface area contributed by atoms with Gasteiger partial charge in [0.25, 0.3) is 0 Å². The minimum atomic E-state index is -0.226. The van der Waals surface area contributed by atoms with E-state index in [0.29, 0.717) is 4.47 Å². The quantitative estimate of drug-likeness (QED) is 0.823. The molecule has 0 aliphatic heterocycles. The molecule has 0 radical (unpaired) electrons. The summed E-state index contributed by atoms with van der Waals surface area (Å²) in [7, 11) is 0. The van der Waals surface area contributed by atoms with Crippen molar-refractivity contribution in [2.75, 3.05) is 6.54 Å². The first-order valence-corrected chi connectivity index (χ1v) is 7.72. The lowest BCUT2D eigenvalue weighted by Gasteiger charge is -2.19. The van der Waals surface area contributed by atoms with Crippen LogP contribution in [0.2, 0.25) is 0 Å². The van der Waals surface area contributed by atoms with Crippen LogP contribution in [0.4, 0.5) is 4.39 Å². The normalized spacial score (nSPS) is 12.4. The smallest absolute Gasteiger partial charge is 0.137 e. The molecule has 0 aliphatic carbocycles. The molecule has 2 rings (SSSR count). The summed E-state index contributed by atoms with van der Waals surface area (Å²) in [4.78, 5) is 0. The fraction of sp³-hybridized carbons (Fsp3) is 0.294. The van der Waals surface area contributed by atoms with Crippen LogP contribution in [0.3, 0.4) is 0 Å². The van der Waals surface area contributed by atoms with Crippen LogP contribution in [0, 0.1) is 5.82 Å². The van der Waals surface area contributed by atoms with Gasteiger partial charge in [0, 0.05) is 0 Å². The lowest BCUT2D eigenvalue weighted by molar-refractivity contribution is 0.599. The van der Waals surface area contributed by atoms with E-state index >= 15 is 0 Å². The van der Waals surface area contributed by atoms with Crippen LogP contribution in [0.15, 0.2) is 46.9 Å². The van der Waals surface area contributed by atoms with Gasteiger partial charge in [-0.25, -0.2) is 4.39 Å². The zero-order valence-electron chi connectivity index (χ0n) is 11.8. The van der Waals surface area contributed by atoms with Crippen molar-refractivity contribution in [2.45, 2.75) is 26.3 Å². The molecule has 0 fully saturated rings. The van der Waals surface area contributed by atoms with Gasteiger partial charge < -0.3 is 5.32 Å². The summed E-state index contributed by atoms with van der Waals surface area (Å²) in [6.07, 6.45) is 1.03. The summed E-state index contributed by atoms with van der Waals surface area (Å²) in [5.74, 6) is -0.226. The van der Waals surface area contributed by atoms with Gasteiger partial charge in [0.15, 0.2) is 0 Å². The average Bonchev–Trinajstić information content (AvgIpc) is 2.48.